The van der Waals surface area contributed by atoms with Crippen molar-refractivity contribution in [1.82, 2.24) is 19.2 Å². The average Bonchev–Trinajstić information content (AvgIpc) is 2.99. The highest BCUT2D eigenvalue weighted by Crippen LogP contribution is 2.14. The van der Waals surface area contributed by atoms with Crippen molar-refractivity contribution in [3.8, 4) is 0 Å². The Morgan fingerprint density at radius 3 is 2.29 bits per heavy atom. The Kier molecular flexibility index (Phi) is 4.52. The molecular formula is C19H21ClN4. The lowest BCUT2D eigenvalue weighted by molar-refractivity contribution is 0.121. The van der Waals surface area contributed by atoms with Crippen LogP contribution in [0.3, 0.4) is 0 Å². The van der Waals surface area contributed by atoms with E-state index in [-0.39, 0.29) is 0 Å². The van der Waals surface area contributed by atoms with Crippen molar-refractivity contribution < 1.29 is 0 Å². The van der Waals surface area contributed by atoms with Crippen molar-refractivity contribution in [3.63, 3.8) is 0 Å². The van der Waals surface area contributed by atoms with Gasteiger partial charge in [-0.05, 0) is 17.7 Å². The maximum atomic E-state index is 6.04. The second-order valence-electron chi connectivity index (χ2n) is 6.38. The molecule has 0 bridgehead atoms. The largest absolute Gasteiger partial charge is 0.305 e. The van der Waals surface area contributed by atoms with Gasteiger partial charge in [-0.3, -0.25) is 9.80 Å². The number of aromatic nitrogens is 2. The van der Waals surface area contributed by atoms with Crippen LogP contribution in [0.2, 0.25) is 5.02 Å². The van der Waals surface area contributed by atoms with Crippen LogP contribution in [-0.2, 0) is 13.1 Å². The molecule has 2 aromatic heterocycles. The summed E-state index contributed by atoms with van der Waals surface area (Å²) in [6.07, 6.45) is 3.99. The molecule has 1 saturated heterocycles. The number of rotatable bonds is 4. The van der Waals surface area contributed by atoms with Crippen LogP contribution >= 0.6 is 11.6 Å². The van der Waals surface area contributed by atoms with E-state index in [1.165, 1.54) is 5.56 Å². The van der Waals surface area contributed by atoms with E-state index in [9.17, 15) is 0 Å². The fourth-order valence-electron chi connectivity index (χ4n) is 3.27. The number of nitrogens with zero attached hydrogens (tertiary/aromatic N) is 4. The smallest absolute Gasteiger partial charge is 0.137 e. The molecule has 0 saturated carbocycles. The molecule has 1 aromatic carbocycles. The van der Waals surface area contributed by atoms with Gasteiger partial charge in [0.1, 0.15) is 5.65 Å². The van der Waals surface area contributed by atoms with Gasteiger partial charge in [0.2, 0.25) is 0 Å². The maximum absolute atomic E-state index is 6.04. The zero-order valence-corrected chi connectivity index (χ0v) is 14.4. The number of pyridine rings is 1. The molecule has 5 heteroatoms. The standard InChI is InChI=1S/C19H21ClN4/c20-17-6-7-19-21-18(15-24(19)13-17)14-23-10-8-22(9-11-23)12-16-4-2-1-3-5-16/h1-7,13,15H,8-12,14H2. The summed E-state index contributed by atoms with van der Waals surface area (Å²) in [4.78, 5) is 9.68. The Bertz CT molecular complexity index is 807. The number of hydrogen-bond acceptors (Lipinski definition) is 3. The predicted molar refractivity (Wildman–Crippen MR) is 97.2 cm³/mol. The molecule has 1 aliphatic rings. The number of fused-ring (bicyclic) bond motifs is 1. The summed E-state index contributed by atoms with van der Waals surface area (Å²) < 4.78 is 2.00. The number of halogens is 1. The zero-order valence-electron chi connectivity index (χ0n) is 13.6. The highest BCUT2D eigenvalue weighted by Gasteiger charge is 2.18. The summed E-state index contributed by atoms with van der Waals surface area (Å²) in [5, 5.41) is 0.737. The maximum Gasteiger partial charge on any atom is 0.137 e. The van der Waals surface area contributed by atoms with E-state index < -0.39 is 0 Å². The van der Waals surface area contributed by atoms with Crippen molar-refractivity contribution in [3.05, 3.63) is 71.1 Å². The molecule has 1 aliphatic heterocycles. The Morgan fingerprint density at radius 2 is 1.54 bits per heavy atom. The van der Waals surface area contributed by atoms with Gasteiger partial charge in [-0.1, -0.05) is 41.9 Å². The number of hydrogen-bond donors (Lipinski definition) is 0. The summed E-state index contributed by atoms with van der Waals surface area (Å²) in [6.45, 7) is 6.32. The molecule has 3 aromatic rings. The van der Waals surface area contributed by atoms with E-state index >= 15 is 0 Å². The fourth-order valence-corrected chi connectivity index (χ4v) is 3.44. The first kappa shape index (κ1) is 15.6. The Labute approximate surface area is 147 Å². The number of piperazine rings is 1. The van der Waals surface area contributed by atoms with Gasteiger partial charge in [-0.15, -0.1) is 0 Å². The van der Waals surface area contributed by atoms with Crippen molar-refractivity contribution in [2.75, 3.05) is 26.2 Å². The Morgan fingerprint density at radius 1 is 0.833 bits per heavy atom. The average molecular weight is 341 g/mol. The molecular weight excluding hydrogens is 320 g/mol. The van der Waals surface area contributed by atoms with Gasteiger partial charge >= 0.3 is 0 Å². The van der Waals surface area contributed by atoms with Gasteiger partial charge in [-0.25, -0.2) is 4.98 Å². The van der Waals surface area contributed by atoms with Crippen molar-refractivity contribution in [2.24, 2.45) is 0 Å². The van der Waals surface area contributed by atoms with Gasteiger partial charge in [0, 0.05) is 51.7 Å². The topological polar surface area (TPSA) is 23.8 Å². The first-order valence-electron chi connectivity index (χ1n) is 8.38. The molecule has 0 radical (unpaired) electrons. The van der Waals surface area contributed by atoms with E-state index in [2.05, 4.69) is 51.3 Å². The summed E-state index contributed by atoms with van der Waals surface area (Å²) >= 11 is 6.04. The highest BCUT2D eigenvalue weighted by molar-refractivity contribution is 6.30. The number of benzene rings is 1. The van der Waals surface area contributed by atoms with Crippen LogP contribution in [0.15, 0.2) is 54.9 Å². The molecule has 1 fully saturated rings. The van der Waals surface area contributed by atoms with Crippen molar-refractivity contribution >= 4 is 17.2 Å². The predicted octanol–water partition coefficient (Wildman–Crippen LogP) is 3.31. The molecule has 124 valence electrons. The first-order chi connectivity index (χ1) is 11.8. The second-order valence-corrected chi connectivity index (χ2v) is 6.82. The van der Waals surface area contributed by atoms with E-state index in [1.54, 1.807) is 0 Å². The monoisotopic (exact) mass is 340 g/mol. The molecule has 4 rings (SSSR count). The summed E-state index contributed by atoms with van der Waals surface area (Å²) in [5.74, 6) is 0. The second kappa shape index (κ2) is 6.93. The number of imidazole rings is 1. The van der Waals surface area contributed by atoms with Gasteiger partial charge in [-0.2, -0.15) is 0 Å². The molecule has 3 heterocycles. The minimum absolute atomic E-state index is 0.737. The van der Waals surface area contributed by atoms with Crippen LogP contribution in [0.5, 0.6) is 0 Å². The van der Waals surface area contributed by atoms with E-state index in [0.29, 0.717) is 0 Å². The van der Waals surface area contributed by atoms with Gasteiger partial charge in [0.05, 0.1) is 10.7 Å². The lowest BCUT2D eigenvalue weighted by Gasteiger charge is -2.34. The minimum atomic E-state index is 0.737. The van der Waals surface area contributed by atoms with Crippen LogP contribution in [0, 0.1) is 0 Å². The molecule has 0 aliphatic carbocycles. The Hall–Kier alpha value is -1.88. The molecule has 0 N–H and O–H groups in total. The van der Waals surface area contributed by atoms with Crippen molar-refractivity contribution in [1.29, 1.82) is 0 Å². The van der Waals surface area contributed by atoms with Crippen LogP contribution < -0.4 is 0 Å². The van der Waals surface area contributed by atoms with E-state index in [4.69, 9.17) is 11.6 Å². The lowest BCUT2D eigenvalue weighted by atomic mass is 10.2. The molecule has 0 unspecified atom stereocenters. The SMILES string of the molecule is Clc1ccc2nc(CN3CCN(Cc4ccccc4)CC3)cn2c1. The summed E-state index contributed by atoms with van der Waals surface area (Å²) in [5.41, 5.74) is 3.45. The van der Waals surface area contributed by atoms with Gasteiger partial charge in [0.15, 0.2) is 0 Å². The first-order valence-corrected chi connectivity index (χ1v) is 8.76. The molecule has 0 amide bonds. The van der Waals surface area contributed by atoms with Crippen LogP contribution in [0.25, 0.3) is 5.65 Å². The van der Waals surface area contributed by atoms with E-state index in [1.807, 2.05) is 22.7 Å². The van der Waals surface area contributed by atoms with E-state index in [0.717, 1.165) is 55.6 Å². The zero-order chi connectivity index (χ0) is 16.4. The van der Waals surface area contributed by atoms with Crippen LogP contribution in [0.1, 0.15) is 11.3 Å². The quantitative estimate of drug-likeness (QED) is 0.728. The minimum Gasteiger partial charge on any atom is -0.305 e. The third-order valence-electron chi connectivity index (χ3n) is 4.56. The molecule has 24 heavy (non-hydrogen) atoms. The van der Waals surface area contributed by atoms with Crippen LogP contribution in [0.4, 0.5) is 0 Å². The fraction of sp³-hybridized carbons (Fsp3) is 0.316. The van der Waals surface area contributed by atoms with Gasteiger partial charge in [0.25, 0.3) is 0 Å². The third kappa shape index (κ3) is 3.61. The highest BCUT2D eigenvalue weighted by atomic mass is 35.5. The van der Waals surface area contributed by atoms with Crippen LogP contribution in [-0.4, -0.2) is 45.4 Å². The normalized spacial score (nSPS) is 16.7. The third-order valence-corrected chi connectivity index (χ3v) is 4.79. The van der Waals surface area contributed by atoms with Gasteiger partial charge < -0.3 is 4.40 Å². The van der Waals surface area contributed by atoms with Crippen molar-refractivity contribution in [2.45, 2.75) is 13.1 Å². The molecule has 0 spiro atoms. The molecule has 4 nitrogen and oxygen atoms in total. The lowest BCUT2D eigenvalue weighted by Crippen LogP contribution is -2.45. The summed E-state index contributed by atoms with van der Waals surface area (Å²) in [7, 11) is 0. The molecule has 0 atom stereocenters. The Balaban J connectivity index is 1.34. The summed E-state index contributed by atoms with van der Waals surface area (Å²) in [6, 6.07) is 14.5.